The van der Waals surface area contributed by atoms with E-state index in [-0.39, 0.29) is 5.95 Å². The van der Waals surface area contributed by atoms with Crippen molar-refractivity contribution >= 4 is 23.7 Å². The first-order valence-corrected chi connectivity index (χ1v) is 6.64. The molecule has 0 saturated heterocycles. The van der Waals surface area contributed by atoms with Gasteiger partial charge in [0.25, 0.3) is 0 Å². The second-order valence-corrected chi connectivity index (χ2v) is 4.17. The lowest BCUT2D eigenvalue weighted by Gasteiger charge is -2.02. The van der Waals surface area contributed by atoms with Crippen molar-refractivity contribution in [2.24, 2.45) is 0 Å². The Morgan fingerprint density at radius 3 is 2.35 bits per heavy atom. The van der Waals surface area contributed by atoms with Gasteiger partial charge < -0.3 is 11.1 Å². The number of nitrogens with one attached hydrogen (secondary N) is 1. The number of hydrogen-bond donors (Lipinski definition) is 2. The van der Waals surface area contributed by atoms with E-state index in [1.165, 1.54) is 17.3 Å². The first kappa shape index (κ1) is 15.7. The van der Waals surface area contributed by atoms with Crippen LogP contribution in [0.5, 0.6) is 0 Å². The molecule has 17 heavy (non-hydrogen) atoms. The molecular formula is C11H21N5S. The largest absolute Gasteiger partial charge is 0.368 e. The minimum absolute atomic E-state index is 0.255. The molecule has 1 aromatic rings. The highest BCUT2D eigenvalue weighted by atomic mass is 32.2. The molecule has 0 atom stereocenters. The van der Waals surface area contributed by atoms with Gasteiger partial charge in [-0.25, -0.2) is 0 Å². The second kappa shape index (κ2) is 8.81. The molecule has 6 heteroatoms. The van der Waals surface area contributed by atoms with Gasteiger partial charge in [-0.15, -0.1) is 0 Å². The van der Waals surface area contributed by atoms with Crippen LogP contribution in [0.4, 0.5) is 11.9 Å². The highest BCUT2D eigenvalue weighted by Gasteiger charge is 2.00. The van der Waals surface area contributed by atoms with Gasteiger partial charge in [0.2, 0.25) is 11.9 Å². The van der Waals surface area contributed by atoms with Crippen LogP contribution in [0.15, 0.2) is 16.8 Å². The lowest BCUT2D eigenvalue weighted by molar-refractivity contribution is 0.912. The normalized spacial score (nSPS) is 9.00. The van der Waals surface area contributed by atoms with Crippen molar-refractivity contribution < 1.29 is 0 Å². The summed E-state index contributed by atoms with van der Waals surface area (Å²) in [5, 5.41) is 3.60. The van der Waals surface area contributed by atoms with Gasteiger partial charge >= 0.3 is 0 Å². The highest BCUT2D eigenvalue weighted by molar-refractivity contribution is 7.98. The van der Waals surface area contributed by atoms with E-state index in [4.69, 9.17) is 5.73 Å². The van der Waals surface area contributed by atoms with E-state index in [2.05, 4.69) is 40.2 Å². The summed E-state index contributed by atoms with van der Waals surface area (Å²) in [6.45, 7) is 8.95. The van der Waals surface area contributed by atoms with E-state index in [0.29, 0.717) is 11.1 Å². The Kier molecular flexibility index (Phi) is 8.13. The molecule has 0 saturated carbocycles. The molecule has 0 radical (unpaired) electrons. The molecule has 96 valence electrons. The van der Waals surface area contributed by atoms with Crippen molar-refractivity contribution in [2.75, 3.05) is 23.9 Å². The molecule has 0 spiro atoms. The van der Waals surface area contributed by atoms with Crippen LogP contribution in [0, 0.1) is 0 Å². The molecular weight excluding hydrogens is 234 g/mol. The van der Waals surface area contributed by atoms with Crippen LogP contribution in [-0.2, 0) is 0 Å². The van der Waals surface area contributed by atoms with Gasteiger partial charge in [0.1, 0.15) is 0 Å². The number of aromatic nitrogens is 3. The van der Waals surface area contributed by atoms with Crippen LogP contribution in [0.25, 0.3) is 0 Å². The molecule has 1 heterocycles. The fourth-order valence-corrected chi connectivity index (χ4v) is 1.06. The average molecular weight is 255 g/mol. The Balaban J connectivity index is 0.000000437. The first-order valence-electron chi connectivity index (χ1n) is 5.42. The molecule has 1 rings (SSSR count). The predicted molar refractivity (Wildman–Crippen MR) is 75.3 cm³/mol. The number of allylic oxidation sites excluding steroid dienone is 2. The highest BCUT2D eigenvalue weighted by Crippen LogP contribution is 2.11. The summed E-state index contributed by atoms with van der Waals surface area (Å²) in [7, 11) is 0. The van der Waals surface area contributed by atoms with Gasteiger partial charge in [-0.2, -0.15) is 15.0 Å². The lowest BCUT2D eigenvalue weighted by atomic mass is 10.3. The maximum atomic E-state index is 5.45. The zero-order chi connectivity index (χ0) is 13.3. The van der Waals surface area contributed by atoms with Crippen LogP contribution >= 0.6 is 11.8 Å². The Bertz CT molecular complexity index is 361. The molecule has 0 aliphatic heterocycles. The number of nitrogen functional groups attached to an aromatic ring is 1. The summed E-state index contributed by atoms with van der Waals surface area (Å²) in [6.07, 6.45) is 3.98. The number of nitrogens with zero attached hydrogens (tertiary/aromatic N) is 3. The van der Waals surface area contributed by atoms with Crippen molar-refractivity contribution in [3.05, 3.63) is 11.6 Å². The molecule has 1 aromatic heterocycles. The van der Waals surface area contributed by atoms with E-state index in [1.807, 2.05) is 20.1 Å². The summed E-state index contributed by atoms with van der Waals surface area (Å²) in [4.78, 5) is 11.9. The third kappa shape index (κ3) is 7.57. The van der Waals surface area contributed by atoms with Crippen LogP contribution in [0.2, 0.25) is 0 Å². The molecule has 0 fully saturated rings. The van der Waals surface area contributed by atoms with Crippen molar-refractivity contribution in [1.82, 2.24) is 15.0 Å². The number of anilines is 2. The summed E-state index contributed by atoms with van der Waals surface area (Å²) in [5.74, 6) is 0.791. The molecule has 0 unspecified atom stereocenters. The maximum Gasteiger partial charge on any atom is 0.228 e. The number of hydrogen-bond acceptors (Lipinski definition) is 6. The SMILES string of the molecule is CC=C(C)C.CCNc1nc(N)nc(SC)n1. The van der Waals surface area contributed by atoms with E-state index >= 15 is 0 Å². The molecule has 5 nitrogen and oxygen atoms in total. The van der Waals surface area contributed by atoms with Gasteiger partial charge in [0.05, 0.1) is 0 Å². The lowest BCUT2D eigenvalue weighted by Crippen LogP contribution is -2.06. The zero-order valence-corrected chi connectivity index (χ0v) is 11.9. The third-order valence-electron chi connectivity index (χ3n) is 1.73. The topological polar surface area (TPSA) is 76.7 Å². The quantitative estimate of drug-likeness (QED) is 0.638. The first-order chi connectivity index (χ1) is 8.03. The molecule has 0 bridgehead atoms. The van der Waals surface area contributed by atoms with Crippen molar-refractivity contribution in [3.63, 3.8) is 0 Å². The van der Waals surface area contributed by atoms with E-state index in [9.17, 15) is 0 Å². The van der Waals surface area contributed by atoms with Crippen LogP contribution < -0.4 is 11.1 Å². The monoisotopic (exact) mass is 255 g/mol. The van der Waals surface area contributed by atoms with Gasteiger partial charge in [0, 0.05) is 6.54 Å². The summed E-state index contributed by atoms with van der Waals surface area (Å²) >= 11 is 1.44. The zero-order valence-electron chi connectivity index (χ0n) is 11.1. The molecule has 0 aliphatic carbocycles. The number of rotatable bonds is 3. The minimum Gasteiger partial charge on any atom is -0.368 e. The Labute approximate surface area is 107 Å². The standard InChI is InChI=1S/C6H11N5S.C5H10/c1-3-8-5-9-4(7)10-6(11-5)12-2;1-4-5(2)3/h3H2,1-2H3,(H3,7,8,9,10,11);4H,1-3H3. The summed E-state index contributed by atoms with van der Waals surface area (Å²) in [5.41, 5.74) is 6.83. The summed E-state index contributed by atoms with van der Waals surface area (Å²) < 4.78 is 0. The van der Waals surface area contributed by atoms with Gasteiger partial charge in [-0.3, -0.25) is 0 Å². The smallest absolute Gasteiger partial charge is 0.228 e. The second-order valence-electron chi connectivity index (χ2n) is 3.40. The molecule has 0 aliphatic rings. The molecule has 0 amide bonds. The molecule has 0 aromatic carbocycles. The van der Waals surface area contributed by atoms with E-state index in [1.54, 1.807) is 0 Å². The predicted octanol–water partition coefficient (Wildman–Crippen LogP) is 2.58. The van der Waals surface area contributed by atoms with Crippen LogP contribution in [-0.4, -0.2) is 27.8 Å². The van der Waals surface area contributed by atoms with Gasteiger partial charge in [-0.05, 0) is 34.0 Å². The Morgan fingerprint density at radius 1 is 1.35 bits per heavy atom. The van der Waals surface area contributed by atoms with E-state index < -0.39 is 0 Å². The third-order valence-corrected chi connectivity index (χ3v) is 2.27. The van der Waals surface area contributed by atoms with Crippen LogP contribution in [0.1, 0.15) is 27.7 Å². The van der Waals surface area contributed by atoms with E-state index in [0.717, 1.165) is 6.54 Å². The van der Waals surface area contributed by atoms with Crippen molar-refractivity contribution in [1.29, 1.82) is 0 Å². The maximum absolute atomic E-state index is 5.45. The number of nitrogens with two attached hydrogens (primary N) is 1. The van der Waals surface area contributed by atoms with Crippen LogP contribution in [0.3, 0.4) is 0 Å². The summed E-state index contributed by atoms with van der Waals surface area (Å²) in [6, 6.07) is 0. The fourth-order valence-electron chi connectivity index (χ4n) is 0.701. The fraction of sp³-hybridized carbons (Fsp3) is 0.545. The Hall–Kier alpha value is -1.30. The number of thioether (sulfide) groups is 1. The van der Waals surface area contributed by atoms with Crippen molar-refractivity contribution in [3.8, 4) is 0 Å². The minimum atomic E-state index is 0.255. The Morgan fingerprint density at radius 2 is 1.94 bits per heavy atom. The van der Waals surface area contributed by atoms with Gasteiger partial charge in [-0.1, -0.05) is 23.4 Å². The molecule has 3 N–H and O–H groups in total. The van der Waals surface area contributed by atoms with Crippen molar-refractivity contribution in [2.45, 2.75) is 32.9 Å². The average Bonchev–Trinajstić information content (AvgIpc) is 2.29. The van der Waals surface area contributed by atoms with Gasteiger partial charge in [0.15, 0.2) is 5.16 Å².